The van der Waals surface area contributed by atoms with E-state index in [-0.39, 0.29) is 30.7 Å². The molecule has 130 valence electrons. The minimum Gasteiger partial charge on any atom is -0.381 e. The zero-order valence-corrected chi connectivity index (χ0v) is 14.8. The number of likely N-dealkylation sites (tertiary alicyclic amines) is 2. The first-order valence-electron chi connectivity index (χ1n) is 8.09. The van der Waals surface area contributed by atoms with E-state index >= 15 is 0 Å². The van der Waals surface area contributed by atoms with E-state index in [4.69, 9.17) is 10.5 Å². The van der Waals surface area contributed by atoms with Crippen molar-refractivity contribution in [2.45, 2.75) is 50.1 Å². The Balaban J connectivity index is 0.00000121. The number of rotatable bonds is 2. The summed E-state index contributed by atoms with van der Waals surface area (Å²) >= 11 is 0. The molecule has 3 rings (SSSR count). The van der Waals surface area contributed by atoms with E-state index in [1.165, 1.54) is 32.4 Å². The fraction of sp³-hybridized carbons (Fsp3) is 0.933. The lowest BCUT2D eigenvalue weighted by molar-refractivity contribution is -0.142. The van der Waals surface area contributed by atoms with Gasteiger partial charge in [0.25, 0.3) is 0 Å². The smallest absolute Gasteiger partial charge is 0.242 e. The number of halogens is 2. The number of ether oxygens (including phenoxy) is 1. The lowest BCUT2D eigenvalue weighted by Crippen LogP contribution is -2.61. The van der Waals surface area contributed by atoms with Crippen LogP contribution < -0.4 is 5.73 Å². The number of amides is 1. The Morgan fingerprint density at radius 3 is 2.32 bits per heavy atom. The molecule has 0 aliphatic carbocycles. The topological polar surface area (TPSA) is 58.8 Å². The van der Waals surface area contributed by atoms with Crippen LogP contribution in [0.25, 0.3) is 0 Å². The third-order valence-corrected chi connectivity index (χ3v) is 5.15. The Kier molecular flexibility index (Phi) is 7.89. The summed E-state index contributed by atoms with van der Waals surface area (Å²) in [7, 11) is 0. The maximum atomic E-state index is 12.8. The standard InChI is InChI=1S/C15H27N3O2.2ClH/c16-15(5-10-20-11-6-15)14(19)18-9-3-4-13(12-18)17-7-1-2-8-17;;/h13H,1-12,16H2;2*1H. The van der Waals surface area contributed by atoms with Crippen LogP contribution in [0.2, 0.25) is 0 Å². The average molecular weight is 354 g/mol. The molecule has 3 fully saturated rings. The molecule has 3 aliphatic heterocycles. The van der Waals surface area contributed by atoms with Crippen molar-refractivity contribution in [3.63, 3.8) is 0 Å². The molecule has 0 aromatic heterocycles. The van der Waals surface area contributed by atoms with Crippen LogP contribution in [-0.4, -0.2) is 66.7 Å². The van der Waals surface area contributed by atoms with Gasteiger partial charge in [-0.2, -0.15) is 0 Å². The van der Waals surface area contributed by atoms with Gasteiger partial charge in [0.05, 0.1) is 5.54 Å². The number of hydrogen-bond acceptors (Lipinski definition) is 4. The second-order valence-electron chi connectivity index (χ2n) is 6.56. The Morgan fingerprint density at radius 2 is 1.68 bits per heavy atom. The molecule has 22 heavy (non-hydrogen) atoms. The number of carbonyl (C=O) groups excluding carboxylic acids is 1. The van der Waals surface area contributed by atoms with Gasteiger partial charge in [0, 0.05) is 32.3 Å². The van der Waals surface area contributed by atoms with Crippen LogP contribution in [0.4, 0.5) is 0 Å². The number of hydrogen-bond donors (Lipinski definition) is 1. The third kappa shape index (κ3) is 4.26. The van der Waals surface area contributed by atoms with Gasteiger partial charge in [-0.3, -0.25) is 9.69 Å². The first kappa shape index (κ1) is 20.0. The second kappa shape index (κ2) is 8.69. The zero-order chi connectivity index (χ0) is 14.0. The van der Waals surface area contributed by atoms with Crippen molar-refractivity contribution < 1.29 is 9.53 Å². The number of nitrogens with zero attached hydrogens (tertiary/aromatic N) is 2. The molecule has 3 heterocycles. The number of piperidine rings is 1. The van der Waals surface area contributed by atoms with E-state index < -0.39 is 5.54 Å². The van der Waals surface area contributed by atoms with Gasteiger partial charge < -0.3 is 15.4 Å². The van der Waals surface area contributed by atoms with Crippen LogP contribution in [0.5, 0.6) is 0 Å². The van der Waals surface area contributed by atoms with Crippen molar-refractivity contribution >= 4 is 30.7 Å². The van der Waals surface area contributed by atoms with Gasteiger partial charge in [-0.25, -0.2) is 0 Å². The Hall–Kier alpha value is -0.0700. The van der Waals surface area contributed by atoms with Gasteiger partial charge in [0.1, 0.15) is 0 Å². The largest absolute Gasteiger partial charge is 0.381 e. The second-order valence-corrected chi connectivity index (χ2v) is 6.56. The molecule has 0 radical (unpaired) electrons. The molecule has 0 spiro atoms. The summed E-state index contributed by atoms with van der Waals surface area (Å²) in [5.74, 6) is 0.157. The van der Waals surface area contributed by atoms with Crippen LogP contribution in [0.3, 0.4) is 0 Å². The molecule has 0 aromatic rings. The van der Waals surface area contributed by atoms with Crippen molar-refractivity contribution in [3.05, 3.63) is 0 Å². The molecule has 2 N–H and O–H groups in total. The van der Waals surface area contributed by atoms with Crippen LogP contribution in [0.15, 0.2) is 0 Å². The van der Waals surface area contributed by atoms with Gasteiger partial charge in [0.2, 0.25) is 5.91 Å². The highest BCUT2D eigenvalue weighted by Gasteiger charge is 2.40. The molecule has 3 aliphatic rings. The average Bonchev–Trinajstić information content (AvgIpc) is 3.02. The first-order valence-corrected chi connectivity index (χ1v) is 8.09. The minimum absolute atomic E-state index is 0. The highest BCUT2D eigenvalue weighted by molar-refractivity contribution is 5.86. The Morgan fingerprint density at radius 1 is 1.05 bits per heavy atom. The number of nitrogens with two attached hydrogens (primary N) is 1. The Bertz CT molecular complexity index is 359. The normalized spacial score (nSPS) is 28.6. The molecule has 1 atom stereocenters. The molecular formula is C15H29Cl2N3O2. The number of carbonyl (C=O) groups is 1. The lowest BCUT2D eigenvalue weighted by Gasteiger charge is -2.42. The van der Waals surface area contributed by atoms with Crippen molar-refractivity contribution in [2.75, 3.05) is 39.4 Å². The fourth-order valence-electron chi connectivity index (χ4n) is 3.81. The predicted molar refractivity (Wildman–Crippen MR) is 91.9 cm³/mol. The van der Waals surface area contributed by atoms with E-state index in [0.29, 0.717) is 32.1 Å². The molecule has 7 heteroatoms. The third-order valence-electron chi connectivity index (χ3n) is 5.15. The van der Waals surface area contributed by atoms with Crippen LogP contribution in [0, 0.1) is 0 Å². The van der Waals surface area contributed by atoms with Crippen molar-refractivity contribution in [1.29, 1.82) is 0 Å². The van der Waals surface area contributed by atoms with Gasteiger partial charge in [-0.15, -0.1) is 24.8 Å². The van der Waals surface area contributed by atoms with Gasteiger partial charge in [-0.1, -0.05) is 0 Å². The summed E-state index contributed by atoms with van der Waals surface area (Å²) in [4.78, 5) is 17.3. The first-order chi connectivity index (χ1) is 9.69. The SMILES string of the molecule is Cl.Cl.NC1(C(=O)N2CCCC(N3CCCC3)C2)CCOCC1. The van der Waals surface area contributed by atoms with Crippen LogP contribution in [0.1, 0.15) is 38.5 Å². The van der Waals surface area contributed by atoms with Gasteiger partial charge in [-0.05, 0) is 51.6 Å². The molecule has 0 saturated carbocycles. The maximum Gasteiger partial charge on any atom is 0.242 e. The van der Waals surface area contributed by atoms with E-state index in [1.807, 2.05) is 4.90 Å². The Labute approximate surface area is 145 Å². The van der Waals surface area contributed by atoms with Crippen molar-refractivity contribution in [2.24, 2.45) is 5.73 Å². The summed E-state index contributed by atoms with van der Waals surface area (Å²) in [6.07, 6.45) is 6.28. The quantitative estimate of drug-likeness (QED) is 0.815. The molecular weight excluding hydrogens is 325 g/mol. The van der Waals surface area contributed by atoms with Crippen molar-refractivity contribution in [3.8, 4) is 0 Å². The highest BCUT2D eigenvalue weighted by atomic mass is 35.5. The summed E-state index contributed by atoms with van der Waals surface area (Å²) in [5, 5.41) is 0. The molecule has 0 aromatic carbocycles. The van der Waals surface area contributed by atoms with E-state index in [1.54, 1.807) is 0 Å². The van der Waals surface area contributed by atoms with Crippen molar-refractivity contribution in [1.82, 2.24) is 9.80 Å². The van der Waals surface area contributed by atoms with E-state index in [0.717, 1.165) is 19.5 Å². The summed E-state index contributed by atoms with van der Waals surface area (Å²) in [6.45, 7) is 5.39. The molecule has 3 saturated heterocycles. The van der Waals surface area contributed by atoms with Gasteiger partial charge in [0.15, 0.2) is 0 Å². The van der Waals surface area contributed by atoms with Crippen LogP contribution in [-0.2, 0) is 9.53 Å². The summed E-state index contributed by atoms with van der Waals surface area (Å²) < 4.78 is 5.35. The van der Waals surface area contributed by atoms with E-state index in [2.05, 4.69) is 4.90 Å². The molecule has 1 amide bonds. The van der Waals surface area contributed by atoms with Gasteiger partial charge >= 0.3 is 0 Å². The highest BCUT2D eigenvalue weighted by Crippen LogP contribution is 2.25. The molecule has 0 bridgehead atoms. The van der Waals surface area contributed by atoms with E-state index in [9.17, 15) is 4.79 Å². The predicted octanol–water partition coefficient (Wildman–Crippen LogP) is 1.42. The zero-order valence-electron chi connectivity index (χ0n) is 13.2. The summed E-state index contributed by atoms with van der Waals surface area (Å²) in [5.41, 5.74) is 5.67. The monoisotopic (exact) mass is 353 g/mol. The van der Waals surface area contributed by atoms with Crippen LogP contribution >= 0.6 is 24.8 Å². The molecule has 5 nitrogen and oxygen atoms in total. The maximum absolute atomic E-state index is 12.8. The minimum atomic E-state index is -0.675. The molecule has 1 unspecified atom stereocenters. The fourth-order valence-corrected chi connectivity index (χ4v) is 3.81. The lowest BCUT2D eigenvalue weighted by atomic mass is 9.88. The summed E-state index contributed by atoms with van der Waals surface area (Å²) in [6, 6.07) is 0.554.